The molecule has 86 valence electrons. The van der Waals surface area contributed by atoms with Crippen molar-refractivity contribution in [3.05, 3.63) is 22.9 Å². The van der Waals surface area contributed by atoms with Crippen LogP contribution in [0.1, 0.15) is 0 Å². The SMILES string of the molecule is [N-]=[N+]=NCCOCCOCCOC=CN. The van der Waals surface area contributed by atoms with Crippen molar-refractivity contribution in [1.29, 1.82) is 0 Å². The highest BCUT2D eigenvalue weighted by molar-refractivity contribution is 4.62. The quantitative estimate of drug-likeness (QED) is 0.191. The van der Waals surface area contributed by atoms with Crippen LogP contribution >= 0.6 is 0 Å². The Morgan fingerprint density at radius 1 is 1.13 bits per heavy atom. The van der Waals surface area contributed by atoms with Crippen LogP contribution in [-0.2, 0) is 14.2 Å². The second-order valence-electron chi connectivity index (χ2n) is 2.38. The largest absolute Gasteiger partial charge is 0.497 e. The predicted molar refractivity (Wildman–Crippen MR) is 54.9 cm³/mol. The molecule has 15 heavy (non-hydrogen) atoms. The topological polar surface area (TPSA) is 102 Å². The van der Waals surface area contributed by atoms with E-state index in [-0.39, 0.29) is 0 Å². The molecule has 2 N–H and O–H groups in total. The smallest absolute Gasteiger partial charge is 0.111 e. The first-order valence-corrected chi connectivity index (χ1v) is 4.56. The van der Waals surface area contributed by atoms with Crippen LogP contribution in [0.4, 0.5) is 0 Å². The zero-order chi connectivity index (χ0) is 11.2. The molecule has 7 nitrogen and oxygen atoms in total. The standard InChI is InChI=1S/C8H16N4O3/c9-1-3-13-5-7-15-8-6-14-4-2-11-12-10/h1,3H,2,4-9H2. The Kier molecular flexibility index (Phi) is 11.4. The average molecular weight is 216 g/mol. The second kappa shape index (κ2) is 12.6. The minimum atomic E-state index is 0.348. The highest BCUT2D eigenvalue weighted by Crippen LogP contribution is 1.82. The average Bonchev–Trinajstić information content (AvgIpc) is 2.26. The predicted octanol–water partition coefficient (Wildman–Crippen LogP) is 0.776. The Balaban J connectivity index is 2.95. The molecule has 0 saturated carbocycles. The number of nitrogens with two attached hydrogens (primary N) is 1. The summed E-state index contributed by atoms with van der Waals surface area (Å²) < 4.78 is 15.2. The first-order chi connectivity index (χ1) is 7.41. The van der Waals surface area contributed by atoms with E-state index in [1.54, 1.807) is 0 Å². The van der Waals surface area contributed by atoms with Crippen molar-refractivity contribution in [2.45, 2.75) is 0 Å². The molecule has 0 unspecified atom stereocenters. The van der Waals surface area contributed by atoms with Gasteiger partial charge in [0.05, 0.1) is 32.7 Å². The summed E-state index contributed by atoms with van der Waals surface area (Å²) in [5.74, 6) is 0. The van der Waals surface area contributed by atoms with E-state index in [0.29, 0.717) is 39.6 Å². The van der Waals surface area contributed by atoms with Gasteiger partial charge in [0.1, 0.15) is 6.61 Å². The molecule has 0 aromatic carbocycles. The third-order valence-corrected chi connectivity index (χ3v) is 1.29. The summed E-state index contributed by atoms with van der Waals surface area (Å²) in [5.41, 5.74) is 13.0. The first-order valence-electron chi connectivity index (χ1n) is 4.56. The molecule has 0 amide bonds. The maximum Gasteiger partial charge on any atom is 0.111 e. The van der Waals surface area contributed by atoms with Gasteiger partial charge in [-0.1, -0.05) is 5.11 Å². The summed E-state index contributed by atoms with van der Waals surface area (Å²) >= 11 is 0. The van der Waals surface area contributed by atoms with Gasteiger partial charge in [-0.25, -0.2) is 0 Å². The van der Waals surface area contributed by atoms with E-state index in [2.05, 4.69) is 10.0 Å². The Labute approximate surface area is 88.4 Å². The fourth-order valence-corrected chi connectivity index (χ4v) is 0.703. The van der Waals surface area contributed by atoms with Gasteiger partial charge in [0.25, 0.3) is 0 Å². The normalized spacial score (nSPS) is 10.1. The molecule has 0 aliphatic carbocycles. The lowest BCUT2D eigenvalue weighted by molar-refractivity contribution is 0.0327. The van der Waals surface area contributed by atoms with Gasteiger partial charge >= 0.3 is 0 Å². The van der Waals surface area contributed by atoms with Crippen LogP contribution in [-0.4, -0.2) is 39.6 Å². The summed E-state index contributed by atoms with van der Waals surface area (Å²) in [6.07, 6.45) is 2.72. The van der Waals surface area contributed by atoms with Gasteiger partial charge in [0, 0.05) is 17.7 Å². The molecule has 7 heteroatoms. The molecule has 0 atom stereocenters. The van der Waals surface area contributed by atoms with Gasteiger partial charge in [-0.15, -0.1) is 0 Å². The van der Waals surface area contributed by atoms with Crippen LogP contribution in [0.3, 0.4) is 0 Å². The van der Waals surface area contributed by atoms with Crippen LogP contribution in [0.2, 0.25) is 0 Å². The van der Waals surface area contributed by atoms with E-state index in [0.717, 1.165) is 0 Å². The number of hydrogen-bond donors (Lipinski definition) is 1. The van der Waals surface area contributed by atoms with Gasteiger partial charge in [-0.3, -0.25) is 0 Å². The molecule has 0 aromatic rings. The Hall–Kier alpha value is -1.43. The summed E-state index contributed by atoms with van der Waals surface area (Å²) in [6.45, 7) is 2.69. The number of rotatable bonds is 10. The molecular weight excluding hydrogens is 200 g/mol. The van der Waals surface area contributed by atoms with E-state index in [9.17, 15) is 0 Å². The summed E-state index contributed by atoms with van der Waals surface area (Å²) in [7, 11) is 0. The lowest BCUT2D eigenvalue weighted by Gasteiger charge is -2.04. The molecule has 0 bridgehead atoms. The molecule has 0 fully saturated rings. The Morgan fingerprint density at radius 2 is 1.80 bits per heavy atom. The number of nitrogens with zero attached hydrogens (tertiary/aromatic N) is 3. The fourth-order valence-electron chi connectivity index (χ4n) is 0.703. The van der Waals surface area contributed by atoms with Gasteiger partial charge < -0.3 is 19.9 Å². The van der Waals surface area contributed by atoms with Crippen molar-refractivity contribution in [2.75, 3.05) is 39.6 Å². The van der Waals surface area contributed by atoms with E-state index in [1.807, 2.05) is 0 Å². The zero-order valence-electron chi connectivity index (χ0n) is 8.54. The summed E-state index contributed by atoms with van der Waals surface area (Å²) in [6, 6.07) is 0. The van der Waals surface area contributed by atoms with Crippen molar-refractivity contribution >= 4 is 0 Å². The molecule has 0 aliphatic heterocycles. The van der Waals surface area contributed by atoms with Crippen LogP contribution in [0.5, 0.6) is 0 Å². The molecule has 0 aliphatic rings. The lowest BCUT2D eigenvalue weighted by atomic mass is 10.7. The van der Waals surface area contributed by atoms with Crippen molar-refractivity contribution in [3.63, 3.8) is 0 Å². The third kappa shape index (κ3) is 12.6. The van der Waals surface area contributed by atoms with Crippen molar-refractivity contribution in [3.8, 4) is 0 Å². The number of azide groups is 1. The molecule has 0 aromatic heterocycles. The summed E-state index contributed by atoms with van der Waals surface area (Å²) in [4.78, 5) is 2.59. The highest BCUT2D eigenvalue weighted by Gasteiger charge is 1.89. The van der Waals surface area contributed by atoms with Gasteiger partial charge in [0.15, 0.2) is 0 Å². The van der Waals surface area contributed by atoms with Crippen molar-refractivity contribution < 1.29 is 14.2 Å². The van der Waals surface area contributed by atoms with Crippen LogP contribution in [0, 0.1) is 0 Å². The van der Waals surface area contributed by atoms with Gasteiger partial charge in [-0.05, 0) is 5.53 Å². The second-order valence-corrected chi connectivity index (χ2v) is 2.38. The maximum absolute atomic E-state index is 7.96. The van der Waals surface area contributed by atoms with E-state index < -0.39 is 0 Å². The van der Waals surface area contributed by atoms with Crippen LogP contribution in [0.25, 0.3) is 10.4 Å². The van der Waals surface area contributed by atoms with Crippen LogP contribution < -0.4 is 5.73 Å². The van der Waals surface area contributed by atoms with Crippen molar-refractivity contribution in [1.82, 2.24) is 0 Å². The van der Waals surface area contributed by atoms with E-state index in [1.165, 1.54) is 12.5 Å². The van der Waals surface area contributed by atoms with Crippen LogP contribution in [0.15, 0.2) is 17.6 Å². The lowest BCUT2D eigenvalue weighted by Crippen LogP contribution is -2.09. The van der Waals surface area contributed by atoms with E-state index >= 15 is 0 Å². The Morgan fingerprint density at radius 3 is 2.47 bits per heavy atom. The minimum absolute atomic E-state index is 0.348. The number of ether oxygens (including phenoxy) is 3. The third-order valence-electron chi connectivity index (χ3n) is 1.29. The van der Waals surface area contributed by atoms with Gasteiger partial charge in [0.2, 0.25) is 0 Å². The fraction of sp³-hybridized carbons (Fsp3) is 0.750. The Bertz CT molecular complexity index is 204. The van der Waals surface area contributed by atoms with E-state index in [4.69, 9.17) is 25.5 Å². The molecule has 0 heterocycles. The molecule has 0 rings (SSSR count). The molecule has 0 radical (unpaired) electrons. The maximum atomic E-state index is 7.96. The monoisotopic (exact) mass is 216 g/mol. The van der Waals surface area contributed by atoms with Gasteiger partial charge in [-0.2, -0.15) is 0 Å². The summed E-state index contributed by atoms with van der Waals surface area (Å²) in [5, 5.41) is 3.31. The molecular formula is C8H16N4O3. The minimum Gasteiger partial charge on any atom is -0.497 e. The molecule has 0 saturated heterocycles. The highest BCUT2D eigenvalue weighted by atomic mass is 16.5. The first kappa shape index (κ1) is 13.6. The zero-order valence-corrected chi connectivity index (χ0v) is 8.54. The van der Waals surface area contributed by atoms with Crippen molar-refractivity contribution in [2.24, 2.45) is 10.8 Å². The number of hydrogen-bond acceptors (Lipinski definition) is 5. The molecule has 0 spiro atoms.